The summed E-state index contributed by atoms with van der Waals surface area (Å²) < 4.78 is 0. The van der Waals surface area contributed by atoms with Crippen molar-refractivity contribution in [2.24, 2.45) is 0 Å². The Labute approximate surface area is 186 Å². The first-order chi connectivity index (χ1) is 14.0. The van der Waals surface area contributed by atoms with Crippen LogP contribution in [0.25, 0.3) is 21.8 Å². The maximum Gasteiger partial charge on any atom is 0.255 e. The molecule has 7 heteroatoms. The van der Waals surface area contributed by atoms with Gasteiger partial charge in [0.2, 0.25) is 0 Å². The Kier molecular flexibility index (Phi) is 5.88. The van der Waals surface area contributed by atoms with Gasteiger partial charge < -0.3 is 5.32 Å². The molecule has 1 heterocycles. The van der Waals surface area contributed by atoms with E-state index in [9.17, 15) is 4.79 Å². The monoisotopic (exact) mass is 458 g/mol. The van der Waals surface area contributed by atoms with Crippen LogP contribution in [0.4, 0.5) is 5.69 Å². The fourth-order valence-electron chi connectivity index (χ4n) is 2.72. The molecule has 3 nitrogen and oxygen atoms in total. The van der Waals surface area contributed by atoms with Crippen LogP contribution in [0.3, 0.4) is 0 Å². The molecule has 1 amide bonds. The Morgan fingerprint density at radius 2 is 1.55 bits per heavy atom. The molecule has 0 bridgehead atoms. The molecule has 1 aromatic heterocycles. The lowest BCUT2D eigenvalue weighted by atomic mass is 10.1. The molecule has 29 heavy (non-hydrogen) atoms. The second-order valence-electron chi connectivity index (χ2n) is 6.18. The molecule has 0 saturated heterocycles. The van der Waals surface area contributed by atoms with Gasteiger partial charge >= 0.3 is 0 Å². The number of halogens is 3. The van der Waals surface area contributed by atoms with Crippen LogP contribution in [0.5, 0.6) is 0 Å². The fourth-order valence-corrected chi connectivity index (χ4v) is 4.03. The normalized spacial score (nSPS) is 10.7. The third-order valence-corrected chi connectivity index (χ3v) is 6.20. The molecule has 0 radical (unpaired) electrons. The summed E-state index contributed by atoms with van der Waals surface area (Å²) in [6.07, 6.45) is 0. The Morgan fingerprint density at radius 1 is 0.828 bits per heavy atom. The highest BCUT2D eigenvalue weighted by Crippen LogP contribution is 2.32. The molecule has 0 fully saturated rings. The zero-order chi connectivity index (χ0) is 20.4. The predicted molar refractivity (Wildman–Crippen MR) is 122 cm³/mol. The number of hydrogen-bond acceptors (Lipinski definition) is 3. The summed E-state index contributed by atoms with van der Waals surface area (Å²) in [6.45, 7) is 0. The summed E-state index contributed by atoms with van der Waals surface area (Å²) in [7, 11) is 0. The van der Waals surface area contributed by atoms with E-state index in [1.54, 1.807) is 36.4 Å². The number of amides is 1. The van der Waals surface area contributed by atoms with Crippen molar-refractivity contribution in [3.8, 4) is 21.8 Å². The van der Waals surface area contributed by atoms with Gasteiger partial charge in [-0.1, -0.05) is 65.1 Å². The van der Waals surface area contributed by atoms with Gasteiger partial charge in [0.1, 0.15) is 5.01 Å². The Morgan fingerprint density at radius 3 is 2.28 bits per heavy atom. The molecule has 1 N–H and O–H groups in total. The fraction of sp³-hybridized carbons (Fsp3) is 0. The lowest BCUT2D eigenvalue weighted by Gasteiger charge is -2.07. The van der Waals surface area contributed by atoms with E-state index in [1.165, 1.54) is 11.3 Å². The van der Waals surface area contributed by atoms with Crippen molar-refractivity contribution in [3.63, 3.8) is 0 Å². The lowest BCUT2D eigenvalue weighted by molar-refractivity contribution is 0.102. The quantitative estimate of drug-likeness (QED) is 0.340. The van der Waals surface area contributed by atoms with Crippen LogP contribution >= 0.6 is 46.1 Å². The number of aromatic nitrogens is 1. The van der Waals surface area contributed by atoms with Gasteiger partial charge in [-0.05, 0) is 36.4 Å². The summed E-state index contributed by atoms with van der Waals surface area (Å²) in [5.41, 5.74) is 3.77. The van der Waals surface area contributed by atoms with Crippen molar-refractivity contribution >= 4 is 57.7 Å². The number of carbonyl (C=O) groups is 1. The molecule has 0 unspecified atom stereocenters. The zero-order valence-corrected chi connectivity index (χ0v) is 17.9. The number of carbonyl (C=O) groups excluding carboxylic acids is 1. The molecular formula is C22H13Cl3N2OS. The highest BCUT2D eigenvalue weighted by Gasteiger charge is 2.11. The van der Waals surface area contributed by atoms with Crippen molar-refractivity contribution in [1.82, 2.24) is 4.98 Å². The SMILES string of the molecule is O=C(Nc1ccccc1Cl)c1ccc(-c2nc(-c3ccc(Cl)c(Cl)c3)cs2)cc1. The van der Waals surface area contributed by atoms with Gasteiger partial charge in [-0.3, -0.25) is 4.79 Å². The average Bonchev–Trinajstić information content (AvgIpc) is 3.22. The van der Waals surface area contributed by atoms with Gasteiger partial charge in [0.25, 0.3) is 5.91 Å². The molecule has 4 aromatic rings. The Balaban J connectivity index is 1.52. The first-order valence-corrected chi connectivity index (χ1v) is 10.6. The van der Waals surface area contributed by atoms with E-state index < -0.39 is 0 Å². The van der Waals surface area contributed by atoms with Crippen molar-refractivity contribution in [2.75, 3.05) is 5.32 Å². The largest absolute Gasteiger partial charge is 0.321 e. The smallest absolute Gasteiger partial charge is 0.255 e. The van der Waals surface area contributed by atoms with Gasteiger partial charge in [0.05, 0.1) is 26.4 Å². The van der Waals surface area contributed by atoms with Crippen molar-refractivity contribution in [1.29, 1.82) is 0 Å². The van der Waals surface area contributed by atoms with Crippen LogP contribution in [-0.2, 0) is 0 Å². The number of nitrogens with one attached hydrogen (secondary N) is 1. The molecule has 0 saturated carbocycles. The highest BCUT2D eigenvalue weighted by molar-refractivity contribution is 7.13. The second kappa shape index (κ2) is 8.56. The van der Waals surface area contributed by atoms with Gasteiger partial charge in [0.15, 0.2) is 0 Å². The molecule has 0 aliphatic rings. The molecule has 4 rings (SSSR count). The molecule has 0 atom stereocenters. The van der Waals surface area contributed by atoms with Crippen LogP contribution < -0.4 is 5.32 Å². The summed E-state index contributed by atoms with van der Waals surface area (Å²) >= 11 is 19.7. The van der Waals surface area contributed by atoms with E-state index in [1.807, 2.05) is 35.7 Å². The summed E-state index contributed by atoms with van der Waals surface area (Å²) in [5.74, 6) is -0.222. The van der Waals surface area contributed by atoms with E-state index in [4.69, 9.17) is 34.8 Å². The molecular weight excluding hydrogens is 447 g/mol. The third kappa shape index (κ3) is 4.46. The van der Waals surface area contributed by atoms with Crippen molar-refractivity contribution < 1.29 is 4.79 Å². The van der Waals surface area contributed by atoms with Gasteiger partial charge in [-0.15, -0.1) is 11.3 Å². The van der Waals surface area contributed by atoms with Crippen LogP contribution in [0.2, 0.25) is 15.1 Å². The lowest BCUT2D eigenvalue weighted by Crippen LogP contribution is -2.11. The first-order valence-electron chi connectivity index (χ1n) is 8.58. The minimum Gasteiger partial charge on any atom is -0.321 e. The maximum absolute atomic E-state index is 12.5. The number of benzene rings is 3. The number of nitrogens with zero attached hydrogens (tertiary/aromatic N) is 1. The average molecular weight is 460 g/mol. The molecule has 3 aromatic carbocycles. The van der Waals surface area contributed by atoms with Crippen LogP contribution in [0.1, 0.15) is 10.4 Å². The zero-order valence-electron chi connectivity index (χ0n) is 14.8. The van der Waals surface area contributed by atoms with E-state index in [2.05, 4.69) is 10.3 Å². The van der Waals surface area contributed by atoms with Gasteiger partial charge in [0, 0.05) is 22.1 Å². The number of anilines is 1. The van der Waals surface area contributed by atoms with Gasteiger partial charge in [-0.25, -0.2) is 4.98 Å². The van der Waals surface area contributed by atoms with E-state index in [0.717, 1.165) is 21.8 Å². The minimum absolute atomic E-state index is 0.222. The molecule has 144 valence electrons. The van der Waals surface area contributed by atoms with Crippen molar-refractivity contribution in [3.05, 3.63) is 92.7 Å². The number of para-hydroxylation sites is 1. The third-order valence-electron chi connectivity index (χ3n) is 4.24. The van der Waals surface area contributed by atoms with Gasteiger partial charge in [-0.2, -0.15) is 0 Å². The summed E-state index contributed by atoms with van der Waals surface area (Å²) in [4.78, 5) is 17.1. The Hall–Kier alpha value is -2.37. The summed E-state index contributed by atoms with van der Waals surface area (Å²) in [6, 6.07) is 19.8. The number of rotatable bonds is 4. The summed E-state index contributed by atoms with van der Waals surface area (Å²) in [5, 5.41) is 7.13. The molecule has 0 aliphatic carbocycles. The Bertz CT molecular complexity index is 1190. The van der Waals surface area contributed by atoms with Crippen molar-refractivity contribution in [2.45, 2.75) is 0 Å². The molecule has 0 spiro atoms. The van der Waals surface area contributed by atoms with Crippen LogP contribution in [0, 0.1) is 0 Å². The highest BCUT2D eigenvalue weighted by atomic mass is 35.5. The first kappa shape index (κ1) is 19.9. The van der Waals surface area contributed by atoms with E-state index in [0.29, 0.717) is 26.3 Å². The topological polar surface area (TPSA) is 42.0 Å². The molecule has 0 aliphatic heterocycles. The second-order valence-corrected chi connectivity index (χ2v) is 8.26. The maximum atomic E-state index is 12.5. The minimum atomic E-state index is -0.222. The predicted octanol–water partition coefficient (Wildman–Crippen LogP) is 7.69. The van der Waals surface area contributed by atoms with Crippen LogP contribution in [0.15, 0.2) is 72.1 Å². The van der Waals surface area contributed by atoms with Crippen LogP contribution in [-0.4, -0.2) is 10.9 Å². The van der Waals surface area contributed by atoms with E-state index in [-0.39, 0.29) is 5.91 Å². The standard InChI is InChI=1S/C22H13Cl3N2OS/c23-16-10-9-15(11-18(16)25)20-12-29-22(27-20)14-7-5-13(6-8-14)21(28)26-19-4-2-1-3-17(19)24/h1-12H,(H,26,28). The number of hydrogen-bond donors (Lipinski definition) is 1. The van der Waals surface area contributed by atoms with E-state index >= 15 is 0 Å². The number of thiazole rings is 1.